The predicted molar refractivity (Wildman–Crippen MR) is 74.7 cm³/mol. The maximum absolute atomic E-state index is 9.66. The van der Waals surface area contributed by atoms with Crippen LogP contribution in [0.4, 0.5) is 0 Å². The van der Waals surface area contributed by atoms with E-state index in [0.29, 0.717) is 5.56 Å². The third-order valence-electron chi connectivity index (χ3n) is 2.62. The summed E-state index contributed by atoms with van der Waals surface area (Å²) in [6.07, 6.45) is 0. The zero-order valence-electron chi connectivity index (χ0n) is 10.1. The van der Waals surface area contributed by atoms with Crippen LogP contribution in [0.15, 0.2) is 47.4 Å². The van der Waals surface area contributed by atoms with Gasteiger partial charge in [0.15, 0.2) is 0 Å². The molecular formula is C15H13NOS. The summed E-state index contributed by atoms with van der Waals surface area (Å²) < 4.78 is 0. The average molecular weight is 255 g/mol. The molecular weight excluding hydrogens is 242 g/mol. The fourth-order valence-electron chi connectivity index (χ4n) is 1.72. The Labute approximate surface area is 111 Å². The summed E-state index contributed by atoms with van der Waals surface area (Å²) in [4.78, 5) is 1.24. The van der Waals surface area contributed by atoms with Crippen molar-refractivity contribution in [2.24, 2.45) is 0 Å². The highest BCUT2D eigenvalue weighted by Crippen LogP contribution is 2.28. The Bertz CT molecular complexity index is 584. The van der Waals surface area contributed by atoms with Gasteiger partial charge >= 0.3 is 0 Å². The number of nitrogens with zero attached hydrogens (tertiary/aromatic N) is 1. The zero-order chi connectivity index (χ0) is 13.0. The number of hydrogen-bond acceptors (Lipinski definition) is 3. The fraction of sp³-hybridized carbons (Fsp3) is 0.133. The lowest BCUT2D eigenvalue weighted by atomic mass is 10.0. The highest BCUT2D eigenvalue weighted by molar-refractivity contribution is 7.99. The van der Waals surface area contributed by atoms with Crippen molar-refractivity contribution in [1.29, 1.82) is 5.26 Å². The molecule has 0 spiro atoms. The van der Waals surface area contributed by atoms with Crippen LogP contribution in [0.3, 0.4) is 0 Å². The standard InChI is InChI=1S/C15H13NOS/c1-2-18-14-7-5-11(6-8-14)12-3-4-13(10-16)15(17)9-12/h3-9,17H,2H2,1H3. The number of phenols is 1. The normalized spacial score (nSPS) is 10.0. The molecule has 2 aromatic rings. The van der Waals surface area contributed by atoms with E-state index in [4.69, 9.17) is 5.26 Å². The van der Waals surface area contributed by atoms with Crippen molar-refractivity contribution in [3.8, 4) is 22.9 Å². The molecule has 0 aliphatic heterocycles. The van der Waals surface area contributed by atoms with Gasteiger partial charge in [0.05, 0.1) is 5.56 Å². The molecule has 1 N–H and O–H groups in total. The maximum atomic E-state index is 9.66. The second kappa shape index (κ2) is 5.61. The third-order valence-corrected chi connectivity index (χ3v) is 3.51. The molecule has 18 heavy (non-hydrogen) atoms. The largest absolute Gasteiger partial charge is 0.507 e. The van der Waals surface area contributed by atoms with E-state index >= 15 is 0 Å². The van der Waals surface area contributed by atoms with E-state index in [0.717, 1.165) is 16.9 Å². The van der Waals surface area contributed by atoms with Gasteiger partial charge in [-0.05, 0) is 41.1 Å². The van der Waals surface area contributed by atoms with Crippen LogP contribution in [-0.2, 0) is 0 Å². The molecule has 2 nitrogen and oxygen atoms in total. The minimum absolute atomic E-state index is 0.0296. The summed E-state index contributed by atoms with van der Waals surface area (Å²) in [5.41, 5.74) is 2.26. The lowest BCUT2D eigenvalue weighted by Crippen LogP contribution is -1.81. The van der Waals surface area contributed by atoms with Crippen LogP contribution in [0.2, 0.25) is 0 Å². The van der Waals surface area contributed by atoms with Crippen LogP contribution in [0.25, 0.3) is 11.1 Å². The summed E-state index contributed by atoms with van der Waals surface area (Å²) in [6.45, 7) is 2.12. The van der Waals surface area contributed by atoms with Crippen LogP contribution < -0.4 is 0 Å². The van der Waals surface area contributed by atoms with Crippen molar-refractivity contribution < 1.29 is 5.11 Å². The summed E-state index contributed by atoms with van der Waals surface area (Å²) in [5, 5.41) is 18.4. The van der Waals surface area contributed by atoms with E-state index < -0.39 is 0 Å². The number of phenolic OH excluding ortho intramolecular Hbond substituents is 1. The molecule has 2 rings (SSSR count). The zero-order valence-corrected chi connectivity index (χ0v) is 10.9. The lowest BCUT2D eigenvalue weighted by Gasteiger charge is -2.05. The first-order valence-corrected chi connectivity index (χ1v) is 6.69. The van der Waals surface area contributed by atoms with Crippen LogP contribution in [-0.4, -0.2) is 10.9 Å². The van der Waals surface area contributed by atoms with E-state index in [1.807, 2.05) is 24.3 Å². The smallest absolute Gasteiger partial charge is 0.133 e. The van der Waals surface area contributed by atoms with Crippen molar-refractivity contribution in [3.05, 3.63) is 48.0 Å². The monoisotopic (exact) mass is 255 g/mol. The van der Waals surface area contributed by atoms with Crippen LogP contribution >= 0.6 is 11.8 Å². The first kappa shape index (κ1) is 12.5. The average Bonchev–Trinajstić information content (AvgIpc) is 2.40. The predicted octanol–water partition coefficient (Wildman–Crippen LogP) is 4.04. The number of rotatable bonds is 3. The first-order valence-electron chi connectivity index (χ1n) is 5.71. The molecule has 3 heteroatoms. The van der Waals surface area contributed by atoms with E-state index in [2.05, 4.69) is 19.1 Å². The van der Waals surface area contributed by atoms with Gasteiger partial charge in [0, 0.05) is 4.90 Å². The SMILES string of the molecule is CCSc1ccc(-c2ccc(C#N)c(O)c2)cc1. The Morgan fingerprint density at radius 2 is 1.78 bits per heavy atom. The molecule has 0 aromatic heterocycles. The number of nitriles is 1. The van der Waals surface area contributed by atoms with Gasteiger partial charge in [-0.3, -0.25) is 0 Å². The van der Waals surface area contributed by atoms with E-state index in [-0.39, 0.29) is 5.75 Å². The molecule has 0 saturated heterocycles. The Balaban J connectivity index is 2.31. The molecule has 0 amide bonds. The van der Waals surface area contributed by atoms with Gasteiger partial charge in [-0.25, -0.2) is 0 Å². The van der Waals surface area contributed by atoms with Gasteiger partial charge < -0.3 is 5.11 Å². The second-order valence-electron chi connectivity index (χ2n) is 3.80. The van der Waals surface area contributed by atoms with Gasteiger partial charge in [-0.2, -0.15) is 5.26 Å². The topological polar surface area (TPSA) is 44.0 Å². The van der Waals surface area contributed by atoms with E-state index in [1.165, 1.54) is 4.90 Å². The van der Waals surface area contributed by atoms with E-state index in [1.54, 1.807) is 23.9 Å². The molecule has 0 unspecified atom stereocenters. The van der Waals surface area contributed by atoms with Crippen molar-refractivity contribution in [1.82, 2.24) is 0 Å². The first-order chi connectivity index (χ1) is 8.74. The lowest BCUT2D eigenvalue weighted by molar-refractivity contribution is 0.474. The van der Waals surface area contributed by atoms with Crippen molar-refractivity contribution >= 4 is 11.8 Å². The Morgan fingerprint density at radius 3 is 2.33 bits per heavy atom. The van der Waals surface area contributed by atoms with Crippen molar-refractivity contribution in [2.45, 2.75) is 11.8 Å². The minimum Gasteiger partial charge on any atom is -0.507 e. The third kappa shape index (κ3) is 2.66. The van der Waals surface area contributed by atoms with Gasteiger partial charge in [0.2, 0.25) is 0 Å². The molecule has 0 saturated carbocycles. The quantitative estimate of drug-likeness (QED) is 0.842. The second-order valence-corrected chi connectivity index (χ2v) is 5.14. The number of hydrogen-bond donors (Lipinski definition) is 1. The molecule has 0 aliphatic rings. The van der Waals surface area contributed by atoms with Gasteiger partial charge in [-0.1, -0.05) is 25.1 Å². The molecule has 0 radical (unpaired) electrons. The van der Waals surface area contributed by atoms with E-state index in [9.17, 15) is 5.11 Å². The molecule has 0 heterocycles. The molecule has 0 bridgehead atoms. The highest BCUT2D eigenvalue weighted by Gasteiger charge is 2.03. The van der Waals surface area contributed by atoms with Crippen LogP contribution in [0.5, 0.6) is 5.75 Å². The van der Waals surface area contributed by atoms with Crippen molar-refractivity contribution in [2.75, 3.05) is 5.75 Å². The van der Waals surface area contributed by atoms with Crippen molar-refractivity contribution in [3.63, 3.8) is 0 Å². The summed E-state index contributed by atoms with van der Waals surface area (Å²) in [6, 6.07) is 15.2. The summed E-state index contributed by atoms with van der Waals surface area (Å²) in [5.74, 6) is 1.08. The molecule has 2 aromatic carbocycles. The minimum atomic E-state index is 0.0296. The van der Waals surface area contributed by atoms with Gasteiger partial charge in [0.25, 0.3) is 0 Å². The molecule has 0 atom stereocenters. The summed E-state index contributed by atoms with van der Waals surface area (Å²) >= 11 is 1.80. The fourth-order valence-corrected chi connectivity index (χ4v) is 2.38. The van der Waals surface area contributed by atoms with Crippen LogP contribution in [0, 0.1) is 11.3 Å². The number of benzene rings is 2. The molecule has 0 fully saturated rings. The maximum Gasteiger partial charge on any atom is 0.133 e. The Kier molecular flexibility index (Phi) is 3.91. The Morgan fingerprint density at radius 1 is 1.11 bits per heavy atom. The highest BCUT2D eigenvalue weighted by atomic mass is 32.2. The Hall–Kier alpha value is -1.92. The number of thioether (sulfide) groups is 1. The van der Waals surface area contributed by atoms with Gasteiger partial charge in [-0.15, -0.1) is 11.8 Å². The number of aromatic hydroxyl groups is 1. The van der Waals surface area contributed by atoms with Gasteiger partial charge in [0.1, 0.15) is 11.8 Å². The molecule has 90 valence electrons. The summed E-state index contributed by atoms with van der Waals surface area (Å²) in [7, 11) is 0. The van der Waals surface area contributed by atoms with Crippen LogP contribution in [0.1, 0.15) is 12.5 Å². The molecule has 0 aliphatic carbocycles.